The minimum atomic E-state index is -1.10. The van der Waals surface area contributed by atoms with E-state index in [1.807, 2.05) is 0 Å². The summed E-state index contributed by atoms with van der Waals surface area (Å²) < 4.78 is 0. The molecule has 0 radical (unpaired) electrons. The zero-order valence-electron chi connectivity index (χ0n) is 12.3. The zero-order chi connectivity index (χ0) is 15.6. The van der Waals surface area contributed by atoms with E-state index in [4.69, 9.17) is 11.6 Å². The summed E-state index contributed by atoms with van der Waals surface area (Å²) in [6.45, 7) is 4.19. The Morgan fingerprint density at radius 2 is 2.05 bits per heavy atom. The van der Waals surface area contributed by atoms with E-state index in [0.29, 0.717) is 10.7 Å². The summed E-state index contributed by atoms with van der Waals surface area (Å²) in [4.78, 5) is 23.8. The molecule has 0 saturated heterocycles. The molecular formula is C16H20ClNO3. The molecule has 4 nitrogen and oxygen atoms in total. The lowest BCUT2D eigenvalue weighted by Crippen LogP contribution is -2.37. The third-order valence-electron chi connectivity index (χ3n) is 4.29. The number of carbonyl (C=O) groups is 2. The smallest absolute Gasteiger partial charge is 0.337 e. The first-order valence-corrected chi connectivity index (χ1v) is 7.53. The van der Waals surface area contributed by atoms with E-state index in [2.05, 4.69) is 19.2 Å². The van der Waals surface area contributed by atoms with Crippen molar-refractivity contribution >= 4 is 29.2 Å². The van der Waals surface area contributed by atoms with Crippen LogP contribution in [0.1, 0.15) is 49.9 Å². The van der Waals surface area contributed by atoms with E-state index in [9.17, 15) is 14.7 Å². The predicted octanol–water partition coefficient (Wildman–Crippen LogP) is 4.19. The van der Waals surface area contributed by atoms with E-state index >= 15 is 0 Å². The summed E-state index contributed by atoms with van der Waals surface area (Å²) in [5.41, 5.74) is 0.265. The van der Waals surface area contributed by atoms with Crippen molar-refractivity contribution in [1.82, 2.24) is 0 Å². The van der Waals surface area contributed by atoms with E-state index in [-0.39, 0.29) is 22.8 Å². The van der Waals surface area contributed by atoms with E-state index < -0.39 is 5.97 Å². The number of carboxylic acids is 1. The fourth-order valence-corrected chi connectivity index (χ4v) is 3.17. The summed E-state index contributed by atoms with van der Waals surface area (Å²) in [5.74, 6) is -1.30. The van der Waals surface area contributed by atoms with Gasteiger partial charge in [-0.2, -0.15) is 0 Å². The van der Waals surface area contributed by atoms with Gasteiger partial charge in [0.1, 0.15) is 0 Å². The van der Waals surface area contributed by atoms with Crippen LogP contribution < -0.4 is 5.32 Å². The Kier molecular flexibility index (Phi) is 4.57. The number of carboxylic acid groups (broad SMARTS) is 1. The van der Waals surface area contributed by atoms with Crippen LogP contribution in [0.15, 0.2) is 18.2 Å². The summed E-state index contributed by atoms with van der Waals surface area (Å²) in [6.07, 6.45) is 4.03. The average Bonchev–Trinajstić information content (AvgIpc) is 2.39. The Hall–Kier alpha value is -1.55. The second kappa shape index (κ2) is 6.06. The molecule has 1 saturated carbocycles. The van der Waals surface area contributed by atoms with Gasteiger partial charge in [0, 0.05) is 10.9 Å². The Balaban J connectivity index is 2.22. The third kappa shape index (κ3) is 3.56. The molecule has 1 amide bonds. The molecule has 0 aliphatic heterocycles. The fourth-order valence-electron chi connectivity index (χ4n) is 3.00. The summed E-state index contributed by atoms with van der Waals surface area (Å²) in [7, 11) is 0. The van der Waals surface area contributed by atoms with Gasteiger partial charge in [-0.25, -0.2) is 4.79 Å². The molecule has 2 N–H and O–H groups in total. The molecule has 1 aromatic rings. The molecule has 0 aromatic heterocycles. The van der Waals surface area contributed by atoms with Crippen LogP contribution in [0, 0.1) is 11.3 Å². The largest absolute Gasteiger partial charge is 0.478 e. The van der Waals surface area contributed by atoms with Crippen LogP contribution in [-0.2, 0) is 4.79 Å². The van der Waals surface area contributed by atoms with Crippen molar-refractivity contribution in [1.29, 1.82) is 0 Å². The maximum atomic E-state index is 12.5. The maximum absolute atomic E-state index is 12.5. The van der Waals surface area contributed by atoms with Crippen molar-refractivity contribution in [3.63, 3.8) is 0 Å². The second-order valence-electron chi connectivity index (χ2n) is 6.27. The quantitative estimate of drug-likeness (QED) is 0.879. The highest BCUT2D eigenvalue weighted by atomic mass is 35.5. The molecule has 114 valence electrons. The SMILES string of the molecule is CC1(C)CCCCC1C(=O)Nc1ccc(Cl)cc1C(=O)O. The topological polar surface area (TPSA) is 66.4 Å². The van der Waals surface area contributed by atoms with E-state index in [1.165, 1.54) is 6.07 Å². The zero-order valence-corrected chi connectivity index (χ0v) is 13.0. The molecule has 1 aliphatic rings. The van der Waals surface area contributed by atoms with Crippen LogP contribution >= 0.6 is 11.6 Å². The highest BCUT2D eigenvalue weighted by Crippen LogP contribution is 2.41. The van der Waals surface area contributed by atoms with Crippen LogP contribution in [0.4, 0.5) is 5.69 Å². The summed E-state index contributed by atoms with van der Waals surface area (Å²) >= 11 is 5.82. The molecule has 0 spiro atoms. The molecule has 0 bridgehead atoms. The molecule has 1 aliphatic carbocycles. The van der Waals surface area contributed by atoms with Gasteiger partial charge in [-0.15, -0.1) is 0 Å². The predicted molar refractivity (Wildman–Crippen MR) is 82.8 cm³/mol. The van der Waals surface area contributed by atoms with Crippen molar-refractivity contribution in [3.8, 4) is 0 Å². The van der Waals surface area contributed by atoms with Crippen molar-refractivity contribution in [2.45, 2.75) is 39.5 Å². The van der Waals surface area contributed by atoms with Gasteiger partial charge < -0.3 is 10.4 Å². The highest BCUT2D eigenvalue weighted by molar-refractivity contribution is 6.31. The number of nitrogens with one attached hydrogen (secondary N) is 1. The molecule has 21 heavy (non-hydrogen) atoms. The standard InChI is InChI=1S/C16H20ClNO3/c1-16(2)8-4-3-5-12(16)14(19)18-13-7-6-10(17)9-11(13)15(20)21/h6-7,9,12H,3-5,8H2,1-2H3,(H,18,19)(H,20,21). The van der Waals surface area contributed by atoms with Crippen LogP contribution in [0.3, 0.4) is 0 Å². The second-order valence-corrected chi connectivity index (χ2v) is 6.71. The van der Waals surface area contributed by atoms with Crippen molar-refractivity contribution in [3.05, 3.63) is 28.8 Å². The lowest BCUT2D eigenvalue weighted by Gasteiger charge is -2.37. The van der Waals surface area contributed by atoms with Crippen LogP contribution in [0.25, 0.3) is 0 Å². The van der Waals surface area contributed by atoms with Gasteiger partial charge in [-0.05, 0) is 36.5 Å². The minimum absolute atomic E-state index is 0.0180. The van der Waals surface area contributed by atoms with Gasteiger partial charge in [0.2, 0.25) is 5.91 Å². The minimum Gasteiger partial charge on any atom is -0.478 e. The van der Waals surface area contributed by atoms with Crippen molar-refractivity contribution < 1.29 is 14.7 Å². The molecule has 5 heteroatoms. The van der Waals surface area contributed by atoms with Crippen LogP contribution in [0.5, 0.6) is 0 Å². The Labute approximate surface area is 129 Å². The molecule has 1 unspecified atom stereocenters. The lowest BCUT2D eigenvalue weighted by molar-refractivity contribution is -0.124. The Morgan fingerprint density at radius 3 is 2.67 bits per heavy atom. The summed E-state index contributed by atoms with van der Waals surface area (Å²) in [6, 6.07) is 4.47. The van der Waals surface area contributed by atoms with Gasteiger partial charge in [0.05, 0.1) is 11.3 Å². The first kappa shape index (κ1) is 15.8. The number of amides is 1. The van der Waals surface area contributed by atoms with Crippen LogP contribution in [-0.4, -0.2) is 17.0 Å². The van der Waals surface area contributed by atoms with Gasteiger partial charge in [0.15, 0.2) is 0 Å². The van der Waals surface area contributed by atoms with Crippen molar-refractivity contribution in [2.75, 3.05) is 5.32 Å². The number of hydrogen-bond acceptors (Lipinski definition) is 2. The van der Waals surface area contributed by atoms with Gasteiger partial charge in [-0.1, -0.05) is 38.3 Å². The lowest BCUT2D eigenvalue weighted by atomic mass is 9.68. The first-order valence-electron chi connectivity index (χ1n) is 7.15. The van der Waals surface area contributed by atoms with E-state index in [1.54, 1.807) is 12.1 Å². The fraction of sp³-hybridized carbons (Fsp3) is 0.500. The monoisotopic (exact) mass is 309 g/mol. The van der Waals surface area contributed by atoms with Gasteiger partial charge >= 0.3 is 5.97 Å². The number of anilines is 1. The third-order valence-corrected chi connectivity index (χ3v) is 4.53. The number of hydrogen-bond donors (Lipinski definition) is 2. The number of halogens is 1. The van der Waals surface area contributed by atoms with Gasteiger partial charge in [-0.3, -0.25) is 4.79 Å². The van der Waals surface area contributed by atoms with E-state index in [0.717, 1.165) is 25.7 Å². The van der Waals surface area contributed by atoms with Crippen molar-refractivity contribution in [2.24, 2.45) is 11.3 Å². The number of aromatic carboxylic acids is 1. The normalized spacial score (nSPS) is 20.8. The maximum Gasteiger partial charge on any atom is 0.337 e. The molecule has 1 fully saturated rings. The number of benzene rings is 1. The molecule has 1 atom stereocenters. The highest BCUT2D eigenvalue weighted by Gasteiger charge is 2.37. The number of rotatable bonds is 3. The Morgan fingerprint density at radius 1 is 1.33 bits per heavy atom. The Bertz CT molecular complexity index is 569. The molecule has 0 heterocycles. The average molecular weight is 310 g/mol. The van der Waals surface area contributed by atoms with Crippen LogP contribution in [0.2, 0.25) is 5.02 Å². The first-order chi connectivity index (χ1) is 9.81. The number of carbonyl (C=O) groups excluding carboxylic acids is 1. The molecule has 2 rings (SSSR count). The summed E-state index contributed by atoms with van der Waals surface area (Å²) in [5, 5.41) is 12.3. The van der Waals surface area contributed by atoms with Gasteiger partial charge in [0.25, 0.3) is 0 Å². The molecule has 1 aromatic carbocycles. The molecular weight excluding hydrogens is 290 g/mol.